The van der Waals surface area contributed by atoms with Crippen molar-refractivity contribution in [2.75, 3.05) is 25.6 Å². The van der Waals surface area contributed by atoms with Crippen molar-refractivity contribution in [3.8, 4) is 0 Å². The van der Waals surface area contributed by atoms with Gasteiger partial charge >= 0.3 is 0 Å². The van der Waals surface area contributed by atoms with Crippen LogP contribution >= 0.6 is 11.8 Å². The zero-order valence-corrected chi connectivity index (χ0v) is 15.8. The number of unbranched alkanes of at least 4 members (excludes halogenated alkanes) is 2. The normalized spacial score (nSPS) is 30.1. The van der Waals surface area contributed by atoms with Gasteiger partial charge in [-0.2, -0.15) is 0 Å². The fourth-order valence-electron chi connectivity index (χ4n) is 2.53. The minimum atomic E-state index is -0.868. The molecule has 1 N–H and O–H groups in total. The van der Waals surface area contributed by atoms with Gasteiger partial charge in [-0.3, -0.25) is 0 Å². The Morgan fingerprint density at radius 3 is 2.54 bits per heavy atom. The van der Waals surface area contributed by atoms with Crippen LogP contribution in [0.15, 0.2) is 5.11 Å². The van der Waals surface area contributed by atoms with Crippen LogP contribution in [-0.2, 0) is 14.2 Å². The molecule has 0 aromatic heterocycles. The first-order valence-corrected chi connectivity index (χ1v) is 9.93. The molecular formula is C16H31N3O4S. The van der Waals surface area contributed by atoms with Gasteiger partial charge in [0, 0.05) is 18.1 Å². The van der Waals surface area contributed by atoms with E-state index in [-0.39, 0.29) is 5.44 Å². The first-order valence-electron chi connectivity index (χ1n) is 8.88. The summed E-state index contributed by atoms with van der Waals surface area (Å²) in [6, 6.07) is -0.543. The summed E-state index contributed by atoms with van der Waals surface area (Å²) in [6.07, 6.45) is 2.04. The van der Waals surface area contributed by atoms with Crippen molar-refractivity contribution < 1.29 is 19.3 Å². The van der Waals surface area contributed by atoms with Crippen molar-refractivity contribution >= 4 is 11.8 Å². The predicted molar refractivity (Wildman–Crippen MR) is 96.1 cm³/mol. The van der Waals surface area contributed by atoms with Gasteiger partial charge < -0.3 is 19.3 Å². The summed E-state index contributed by atoms with van der Waals surface area (Å²) in [5, 5.41) is 14.5. The van der Waals surface area contributed by atoms with Gasteiger partial charge in [-0.25, -0.2) is 0 Å². The Bertz CT molecular complexity index is 382. The Kier molecular flexibility index (Phi) is 11.5. The minimum absolute atomic E-state index is 0.318. The molecule has 0 saturated carbocycles. The quantitative estimate of drug-likeness (QED) is 0.248. The van der Waals surface area contributed by atoms with E-state index < -0.39 is 24.4 Å². The minimum Gasteiger partial charge on any atom is -0.388 e. The van der Waals surface area contributed by atoms with Gasteiger partial charge in [-0.1, -0.05) is 38.7 Å². The largest absolute Gasteiger partial charge is 0.388 e. The van der Waals surface area contributed by atoms with Crippen molar-refractivity contribution in [1.29, 1.82) is 0 Å². The zero-order valence-electron chi connectivity index (χ0n) is 15.0. The van der Waals surface area contributed by atoms with E-state index in [2.05, 4.69) is 23.9 Å². The Morgan fingerprint density at radius 1 is 1.21 bits per heavy atom. The second-order valence-electron chi connectivity index (χ2n) is 5.80. The van der Waals surface area contributed by atoms with Gasteiger partial charge in [0.25, 0.3) is 0 Å². The predicted octanol–water partition coefficient (Wildman–Crippen LogP) is 3.51. The number of aliphatic hydroxyl groups excluding tert-OH is 1. The van der Waals surface area contributed by atoms with Gasteiger partial charge in [-0.15, -0.1) is 11.8 Å². The van der Waals surface area contributed by atoms with Crippen LogP contribution in [0.4, 0.5) is 0 Å². The molecule has 1 heterocycles. The lowest BCUT2D eigenvalue weighted by Gasteiger charge is -2.42. The molecule has 5 atom stereocenters. The number of hydrogen-bond donors (Lipinski definition) is 1. The van der Waals surface area contributed by atoms with Gasteiger partial charge in [0.2, 0.25) is 0 Å². The fourth-order valence-corrected chi connectivity index (χ4v) is 3.48. The standard InChI is InChI=1S/C16H31N3O4S/c1-4-7-9-21-11-12-14(20)15(22-10-8-5-2)13(18-19-17)16(23-12)24-6-3/h12-16,20H,4-11H2,1-3H3. The Morgan fingerprint density at radius 2 is 1.92 bits per heavy atom. The first-order chi connectivity index (χ1) is 11.7. The maximum Gasteiger partial charge on any atom is 0.114 e. The van der Waals surface area contributed by atoms with E-state index in [1.54, 1.807) is 11.8 Å². The Hall–Kier alpha value is -0.500. The van der Waals surface area contributed by atoms with Crippen LogP contribution < -0.4 is 0 Å². The summed E-state index contributed by atoms with van der Waals surface area (Å²) >= 11 is 1.56. The number of aliphatic hydroxyl groups is 1. The molecule has 0 amide bonds. The maximum atomic E-state index is 10.6. The highest BCUT2D eigenvalue weighted by Crippen LogP contribution is 2.32. The average molecular weight is 362 g/mol. The molecule has 24 heavy (non-hydrogen) atoms. The molecular weight excluding hydrogens is 330 g/mol. The third-order valence-corrected chi connectivity index (χ3v) is 4.94. The van der Waals surface area contributed by atoms with Gasteiger partial charge in [-0.05, 0) is 24.1 Å². The lowest BCUT2D eigenvalue weighted by molar-refractivity contribution is -0.187. The number of thioether (sulfide) groups is 1. The lowest BCUT2D eigenvalue weighted by Crippen LogP contribution is -2.58. The number of azide groups is 1. The second-order valence-corrected chi connectivity index (χ2v) is 7.18. The topological polar surface area (TPSA) is 96.7 Å². The Labute approximate surface area is 149 Å². The summed E-state index contributed by atoms with van der Waals surface area (Å²) in [6.45, 7) is 7.70. The number of rotatable bonds is 12. The maximum absolute atomic E-state index is 10.6. The van der Waals surface area contributed by atoms with Gasteiger partial charge in [0.1, 0.15) is 23.7 Å². The molecule has 1 saturated heterocycles. The molecule has 1 fully saturated rings. The van der Waals surface area contributed by atoms with E-state index in [0.717, 1.165) is 31.4 Å². The van der Waals surface area contributed by atoms with E-state index in [4.69, 9.17) is 19.7 Å². The number of hydrogen-bond acceptors (Lipinski definition) is 6. The van der Waals surface area contributed by atoms with Gasteiger partial charge in [0.15, 0.2) is 0 Å². The third-order valence-electron chi connectivity index (χ3n) is 3.89. The molecule has 7 nitrogen and oxygen atoms in total. The van der Waals surface area contributed by atoms with E-state index in [0.29, 0.717) is 19.8 Å². The van der Waals surface area contributed by atoms with Crippen LogP contribution in [0.2, 0.25) is 0 Å². The van der Waals surface area contributed by atoms with E-state index >= 15 is 0 Å². The van der Waals surface area contributed by atoms with Crippen LogP contribution in [0.5, 0.6) is 0 Å². The highest BCUT2D eigenvalue weighted by atomic mass is 32.2. The summed E-state index contributed by atoms with van der Waals surface area (Å²) in [5.41, 5.74) is 8.55. The molecule has 0 aliphatic carbocycles. The summed E-state index contributed by atoms with van der Waals surface area (Å²) in [7, 11) is 0. The van der Waals surface area contributed by atoms with Crippen molar-refractivity contribution in [2.24, 2.45) is 5.11 Å². The molecule has 0 spiro atoms. The van der Waals surface area contributed by atoms with Crippen LogP contribution in [0.1, 0.15) is 46.5 Å². The molecule has 1 rings (SSSR count). The average Bonchev–Trinajstić information content (AvgIpc) is 2.58. The van der Waals surface area contributed by atoms with E-state index in [1.165, 1.54) is 0 Å². The molecule has 0 radical (unpaired) electrons. The Balaban J connectivity index is 2.78. The smallest absolute Gasteiger partial charge is 0.114 e. The third kappa shape index (κ3) is 6.78. The van der Waals surface area contributed by atoms with Crippen LogP contribution in [0, 0.1) is 0 Å². The van der Waals surface area contributed by atoms with Crippen molar-refractivity contribution in [2.45, 2.75) is 76.2 Å². The summed E-state index contributed by atoms with van der Waals surface area (Å²) in [4.78, 5) is 2.93. The molecule has 0 aromatic rings. The molecule has 5 unspecified atom stereocenters. The van der Waals surface area contributed by atoms with Crippen molar-refractivity contribution in [1.82, 2.24) is 0 Å². The molecule has 0 bridgehead atoms. The van der Waals surface area contributed by atoms with Crippen molar-refractivity contribution in [3.05, 3.63) is 10.4 Å². The summed E-state index contributed by atoms with van der Waals surface area (Å²) < 4.78 is 17.5. The van der Waals surface area contributed by atoms with E-state index in [9.17, 15) is 5.11 Å². The van der Waals surface area contributed by atoms with Crippen LogP contribution in [0.3, 0.4) is 0 Å². The molecule has 1 aliphatic rings. The monoisotopic (exact) mass is 361 g/mol. The zero-order chi connectivity index (χ0) is 17.8. The van der Waals surface area contributed by atoms with Crippen LogP contribution in [0.25, 0.3) is 10.4 Å². The fraction of sp³-hybridized carbons (Fsp3) is 1.00. The van der Waals surface area contributed by atoms with Crippen molar-refractivity contribution in [3.63, 3.8) is 0 Å². The van der Waals surface area contributed by atoms with Gasteiger partial charge in [0.05, 0.1) is 12.7 Å². The molecule has 8 heteroatoms. The highest BCUT2D eigenvalue weighted by molar-refractivity contribution is 7.99. The van der Waals surface area contributed by atoms with E-state index in [1.807, 2.05) is 6.92 Å². The number of ether oxygens (including phenoxy) is 3. The molecule has 0 aromatic carbocycles. The molecule has 140 valence electrons. The van der Waals surface area contributed by atoms with Crippen LogP contribution in [-0.4, -0.2) is 60.5 Å². The first kappa shape index (κ1) is 21.5. The summed E-state index contributed by atoms with van der Waals surface area (Å²) in [5.74, 6) is 0.823. The molecule has 1 aliphatic heterocycles. The lowest BCUT2D eigenvalue weighted by atomic mass is 9.98. The number of nitrogens with zero attached hydrogens (tertiary/aromatic N) is 3. The SMILES string of the molecule is CCCCOCC1OC(SCC)C(N=[N+]=[N-])C(OCCCC)C1O. The second kappa shape index (κ2) is 12.8. The highest BCUT2D eigenvalue weighted by Gasteiger charge is 2.45.